The molecular formula is C16H18N6O. The highest BCUT2D eigenvalue weighted by Gasteiger charge is 2.25. The highest BCUT2D eigenvalue weighted by atomic mass is 16.2. The lowest BCUT2D eigenvalue weighted by atomic mass is 10.1. The number of rotatable bonds is 3. The van der Waals surface area contributed by atoms with E-state index in [2.05, 4.69) is 19.9 Å². The van der Waals surface area contributed by atoms with Gasteiger partial charge in [0.15, 0.2) is 0 Å². The van der Waals surface area contributed by atoms with Crippen molar-refractivity contribution in [2.24, 2.45) is 0 Å². The number of hydrogen-bond acceptors (Lipinski definition) is 4. The average Bonchev–Trinajstić information content (AvgIpc) is 3.25. The van der Waals surface area contributed by atoms with Crippen LogP contribution in [0, 0.1) is 0 Å². The minimum atomic E-state index is 0.0884. The summed E-state index contributed by atoms with van der Waals surface area (Å²) in [5, 5.41) is 8.21. The van der Waals surface area contributed by atoms with Crippen LogP contribution in [0.1, 0.15) is 18.9 Å². The molecule has 118 valence electrons. The Labute approximate surface area is 133 Å². The smallest absolute Gasteiger partial charge is 0.244 e. The first kappa shape index (κ1) is 13.9. The van der Waals surface area contributed by atoms with Crippen LogP contribution in [0.4, 0.5) is 0 Å². The van der Waals surface area contributed by atoms with Crippen molar-refractivity contribution in [1.82, 2.24) is 29.4 Å². The van der Waals surface area contributed by atoms with E-state index < -0.39 is 0 Å². The predicted octanol–water partition coefficient (Wildman–Crippen LogP) is 1.49. The van der Waals surface area contributed by atoms with E-state index in [0.717, 1.165) is 37.0 Å². The van der Waals surface area contributed by atoms with Gasteiger partial charge >= 0.3 is 0 Å². The monoisotopic (exact) mass is 310 g/mol. The highest BCUT2D eigenvalue weighted by Crippen LogP contribution is 2.21. The highest BCUT2D eigenvalue weighted by molar-refractivity contribution is 5.79. The molecule has 0 N–H and O–H groups in total. The number of amides is 1. The maximum absolute atomic E-state index is 12.6. The normalized spacial score (nSPS) is 18.4. The second-order valence-electron chi connectivity index (χ2n) is 5.88. The number of hydrogen-bond donors (Lipinski definition) is 0. The molecule has 1 fully saturated rings. The summed E-state index contributed by atoms with van der Waals surface area (Å²) in [4.78, 5) is 18.7. The van der Waals surface area contributed by atoms with Gasteiger partial charge < -0.3 is 9.47 Å². The second kappa shape index (κ2) is 5.83. The third-order valence-electron chi connectivity index (χ3n) is 4.40. The van der Waals surface area contributed by atoms with Crippen molar-refractivity contribution in [2.45, 2.75) is 25.4 Å². The molecule has 1 aromatic carbocycles. The average molecular weight is 310 g/mol. The van der Waals surface area contributed by atoms with Crippen molar-refractivity contribution in [2.75, 3.05) is 13.1 Å². The van der Waals surface area contributed by atoms with Gasteiger partial charge in [0, 0.05) is 25.5 Å². The van der Waals surface area contributed by atoms with Crippen molar-refractivity contribution in [3.63, 3.8) is 0 Å². The topological polar surface area (TPSA) is 68.8 Å². The zero-order valence-corrected chi connectivity index (χ0v) is 12.7. The summed E-state index contributed by atoms with van der Waals surface area (Å²) in [5.41, 5.74) is 1.71. The Bertz CT molecular complexity index is 809. The molecule has 0 saturated carbocycles. The van der Waals surface area contributed by atoms with Gasteiger partial charge in [-0.05, 0) is 25.0 Å². The van der Waals surface area contributed by atoms with E-state index in [-0.39, 0.29) is 12.5 Å². The molecule has 3 aromatic rings. The zero-order valence-electron chi connectivity index (χ0n) is 12.7. The van der Waals surface area contributed by atoms with E-state index in [0.29, 0.717) is 6.04 Å². The lowest BCUT2D eigenvalue weighted by Crippen LogP contribution is -2.42. The molecule has 7 nitrogen and oxygen atoms in total. The Morgan fingerprint density at radius 1 is 1.30 bits per heavy atom. The van der Waals surface area contributed by atoms with Gasteiger partial charge in [-0.3, -0.25) is 4.79 Å². The second-order valence-corrected chi connectivity index (χ2v) is 5.88. The Morgan fingerprint density at radius 2 is 2.22 bits per heavy atom. The number of benzene rings is 1. The minimum absolute atomic E-state index is 0.0884. The third-order valence-corrected chi connectivity index (χ3v) is 4.40. The van der Waals surface area contributed by atoms with E-state index >= 15 is 0 Å². The summed E-state index contributed by atoms with van der Waals surface area (Å²) in [6, 6.07) is 8.00. The number of imidazole rings is 1. The fourth-order valence-electron chi connectivity index (χ4n) is 3.17. The molecule has 2 aromatic heterocycles. The van der Waals surface area contributed by atoms with Crippen molar-refractivity contribution < 1.29 is 4.79 Å². The standard InChI is InChI=1S/C16H18N6O/c23-16(11-22-15-6-2-1-5-14(15)18-19-22)20-8-3-4-13(10-20)21-9-7-17-12-21/h1-2,5-7,9,12-13H,3-4,8,10-11H2/t13-/m1/s1. The summed E-state index contributed by atoms with van der Waals surface area (Å²) in [7, 11) is 0. The first-order valence-corrected chi connectivity index (χ1v) is 7.85. The van der Waals surface area contributed by atoms with Crippen LogP contribution in [0.15, 0.2) is 43.0 Å². The molecule has 0 spiro atoms. The molecular weight excluding hydrogens is 292 g/mol. The fourth-order valence-corrected chi connectivity index (χ4v) is 3.17. The van der Waals surface area contributed by atoms with Crippen molar-refractivity contribution >= 4 is 16.9 Å². The lowest BCUT2D eigenvalue weighted by molar-refractivity contribution is -0.133. The van der Waals surface area contributed by atoms with E-state index in [4.69, 9.17) is 0 Å². The molecule has 1 aliphatic heterocycles. The third kappa shape index (κ3) is 2.69. The van der Waals surface area contributed by atoms with E-state index in [9.17, 15) is 4.79 Å². The van der Waals surface area contributed by atoms with Crippen LogP contribution >= 0.6 is 0 Å². The number of aromatic nitrogens is 5. The minimum Gasteiger partial charge on any atom is -0.339 e. The summed E-state index contributed by atoms with van der Waals surface area (Å²) in [6.45, 7) is 1.76. The van der Waals surface area contributed by atoms with Crippen molar-refractivity contribution in [3.8, 4) is 0 Å². The van der Waals surface area contributed by atoms with Gasteiger partial charge in [0.1, 0.15) is 12.1 Å². The van der Waals surface area contributed by atoms with Gasteiger partial charge in [0.05, 0.1) is 17.9 Å². The summed E-state index contributed by atoms with van der Waals surface area (Å²) in [5.74, 6) is 0.0884. The number of nitrogens with zero attached hydrogens (tertiary/aromatic N) is 6. The molecule has 7 heteroatoms. The first-order chi connectivity index (χ1) is 11.3. The summed E-state index contributed by atoms with van der Waals surface area (Å²) in [6.07, 6.45) is 7.65. The van der Waals surface area contributed by atoms with Crippen molar-refractivity contribution in [3.05, 3.63) is 43.0 Å². The van der Waals surface area contributed by atoms with Crippen molar-refractivity contribution in [1.29, 1.82) is 0 Å². The number of fused-ring (bicyclic) bond motifs is 1. The van der Waals surface area contributed by atoms with Crippen LogP contribution < -0.4 is 0 Å². The Hall–Kier alpha value is -2.70. The maximum Gasteiger partial charge on any atom is 0.244 e. The van der Waals surface area contributed by atoms with Gasteiger partial charge in [0.25, 0.3) is 0 Å². The molecule has 0 unspecified atom stereocenters. The molecule has 0 bridgehead atoms. The molecule has 1 atom stereocenters. The summed E-state index contributed by atoms with van der Waals surface area (Å²) >= 11 is 0. The number of carbonyl (C=O) groups excluding carboxylic acids is 1. The molecule has 1 amide bonds. The number of carbonyl (C=O) groups is 1. The van der Waals surface area contributed by atoms with Crippen LogP contribution in [-0.2, 0) is 11.3 Å². The molecule has 0 radical (unpaired) electrons. The van der Waals surface area contributed by atoms with E-state index in [1.54, 1.807) is 10.9 Å². The molecule has 23 heavy (non-hydrogen) atoms. The van der Waals surface area contributed by atoms with Crippen LogP contribution in [0.25, 0.3) is 11.0 Å². The maximum atomic E-state index is 12.6. The quantitative estimate of drug-likeness (QED) is 0.735. The summed E-state index contributed by atoms with van der Waals surface area (Å²) < 4.78 is 3.77. The SMILES string of the molecule is O=C(Cn1nnc2ccccc21)N1CCC[C@@H](n2ccnc2)C1. The van der Waals surface area contributed by atoms with Crippen LogP contribution in [0.5, 0.6) is 0 Å². The Kier molecular flexibility index (Phi) is 3.53. The number of para-hydroxylation sites is 1. The Balaban J connectivity index is 1.48. The Morgan fingerprint density at radius 3 is 3.09 bits per heavy atom. The molecule has 3 heterocycles. The zero-order chi connectivity index (χ0) is 15.6. The van der Waals surface area contributed by atoms with Crippen LogP contribution in [-0.4, -0.2) is 48.4 Å². The van der Waals surface area contributed by atoms with Gasteiger partial charge in [-0.25, -0.2) is 9.67 Å². The molecule has 1 aliphatic rings. The largest absolute Gasteiger partial charge is 0.339 e. The van der Waals surface area contributed by atoms with Crippen LogP contribution in [0.3, 0.4) is 0 Å². The molecule has 4 rings (SSSR count). The van der Waals surface area contributed by atoms with Gasteiger partial charge in [-0.1, -0.05) is 17.3 Å². The molecule has 1 saturated heterocycles. The van der Waals surface area contributed by atoms with Gasteiger partial charge in [-0.2, -0.15) is 0 Å². The lowest BCUT2D eigenvalue weighted by Gasteiger charge is -2.33. The first-order valence-electron chi connectivity index (χ1n) is 7.85. The van der Waals surface area contributed by atoms with Crippen LogP contribution in [0.2, 0.25) is 0 Å². The van der Waals surface area contributed by atoms with Gasteiger partial charge in [0.2, 0.25) is 5.91 Å². The van der Waals surface area contributed by atoms with Gasteiger partial charge in [-0.15, -0.1) is 5.10 Å². The van der Waals surface area contributed by atoms with E-state index in [1.165, 1.54) is 0 Å². The van der Waals surface area contributed by atoms with E-state index in [1.807, 2.05) is 41.7 Å². The predicted molar refractivity (Wildman–Crippen MR) is 84.6 cm³/mol. The number of piperidine rings is 1. The fraction of sp³-hybridized carbons (Fsp3) is 0.375. The molecule has 0 aliphatic carbocycles. The number of likely N-dealkylation sites (tertiary alicyclic amines) is 1.